The van der Waals surface area contributed by atoms with E-state index in [0.29, 0.717) is 15.5 Å². The van der Waals surface area contributed by atoms with Crippen LogP contribution in [0.5, 0.6) is 0 Å². The Morgan fingerprint density at radius 3 is 2.78 bits per heavy atom. The Labute approximate surface area is 139 Å². The highest BCUT2D eigenvalue weighted by molar-refractivity contribution is 7.46. The molecule has 23 heavy (non-hydrogen) atoms. The summed E-state index contributed by atoms with van der Waals surface area (Å²) in [6.07, 6.45) is -4.61. The third-order valence-electron chi connectivity index (χ3n) is 3.38. The molecule has 3 rings (SSSR count). The average Bonchev–Trinajstić information content (AvgIpc) is 2.98. The number of aliphatic hydroxyl groups is 2. The molecule has 1 aromatic carbocycles. The number of phosphoric acid groups is 1. The Hall–Kier alpha value is -0.610. The Kier molecular flexibility index (Phi) is 4.76. The standard InChI is InChI=1S/C12H13ClNO7PS/c13-5-1-2-6-8(3-5)23-12(14-6)11-10(16)9(15)7(21-11)4-20-22(17,18)19/h1-3,7,9-11,15-16H,4H2,(H2,17,18,19)/t7-,9+,10-,11-/m1/s1. The predicted molar refractivity (Wildman–Crippen MR) is 82.3 cm³/mol. The van der Waals surface area contributed by atoms with Crippen molar-refractivity contribution >= 4 is 41.0 Å². The molecule has 2 aromatic rings. The maximum absolute atomic E-state index is 10.7. The number of hydrogen-bond donors (Lipinski definition) is 4. The summed E-state index contributed by atoms with van der Waals surface area (Å²) in [7, 11) is -4.69. The van der Waals surface area contributed by atoms with Gasteiger partial charge in [0.2, 0.25) is 0 Å². The van der Waals surface area contributed by atoms with Gasteiger partial charge in [-0.25, -0.2) is 9.55 Å². The lowest BCUT2D eigenvalue weighted by molar-refractivity contribution is -0.0223. The zero-order valence-electron chi connectivity index (χ0n) is 11.4. The van der Waals surface area contributed by atoms with Crippen LogP contribution in [-0.4, -0.2) is 49.9 Å². The molecule has 0 radical (unpaired) electrons. The van der Waals surface area contributed by atoms with Crippen molar-refractivity contribution in [1.82, 2.24) is 4.98 Å². The van der Waals surface area contributed by atoms with E-state index in [1.165, 1.54) is 11.3 Å². The van der Waals surface area contributed by atoms with Crippen LogP contribution >= 0.6 is 30.8 Å². The molecular weight excluding hydrogens is 369 g/mol. The zero-order chi connectivity index (χ0) is 16.8. The van der Waals surface area contributed by atoms with Crippen LogP contribution < -0.4 is 0 Å². The fourth-order valence-corrected chi connectivity index (χ4v) is 3.96. The second kappa shape index (κ2) is 6.36. The molecular formula is C12H13ClNO7PS. The van der Waals surface area contributed by atoms with Crippen LogP contribution in [0, 0.1) is 0 Å². The van der Waals surface area contributed by atoms with Gasteiger partial charge in [0.05, 0.1) is 16.8 Å². The van der Waals surface area contributed by atoms with Gasteiger partial charge >= 0.3 is 7.82 Å². The smallest absolute Gasteiger partial charge is 0.387 e. The predicted octanol–water partition coefficient (Wildman–Crippen LogP) is 1.22. The normalized spacial score (nSPS) is 28.6. The Morgan fingerprint density at radius 2 is 2.09 bits per heavy atom. The molecule has 1 saturated heterocycles. The first-order chi connectivity index (χ1) is 10.7. The lowest BCUT2D eigenvalue weighted by Gasteiger charge is -2.14. The second-order valence-corrected chi connectivity index (χ2v) is 7.76. The average molecular weight is 382 g/mol. The lowest BCUT2D eigenvalue weighted by Crippen LogP contribution is -2.33. The highest BCUT2D eigenvalue weighted by Crippen LogP contribution is 2.41. The van der Waals surface area contributed by atoms with Gasteiger partial charge in [-0.05, 0) is 18.2 Å². The minimum Gasteiger partial charge on any atom is -0.387 e. The number of ether oxygens (including phenoxy) is 1. The van der Waals surface area contributed by atoms with Gasteiger partial charge in [-0.1, -0.05) is 11.6 Å². The Balaban J connectivity index is 1.80. The summed E-state index contributed by atoms with van der Waals surface area (Å²) in [6, 6.07) is 5.14. The molecule has 0 unspecified atom stereocenters. The van der Waals surface area contributed by atoms with E-state index in [-0.39, 0.29) is 0 Å². The topological polar surface area (TPSA) is 129 Å². The minimum absolute atomic E-state index is 0.437. The summed E-state index contributed by atoms with van der Waals surface area (Å²) in [6.45, 7) is -0.546. The van der Waals surface area contributed by atoms with E-state index in [9.17, 15) is 14.8 Å². The van der Waals surface area contributed by atoms with Crippen molar-refractivity contribution in [2.45, 2.75) is 24.4 Å². The van der Waals surface area contributed by atoms with E-state index >= 15 is 0 Å². The summed E-state index contributed by atoms with van der Waals surface area (Å²) < 4.78 is 21.3. The molecule has 4 atom stereocenters. The minimum atomic E-state index is -4.69. The third kappa shape index (κ3) is 3.74. The molecule has 126 valence electrons. The number of phosphoric ester groups is 1. The first kappa shape index (κ1) is 17.2. The van der Waals surface area contributed by atoms with Crippen molar-refractivity contribution in [2.24, 2.45) is 0 Å². The number of nitrogens with zero attached hydrogens (tertiary/aromatic N) is 1. The van der Waals surface area contributed by atoms with Crippen molar-refractivity contribution in [3.63, 3.8) is 0 Å². The number of fused-ring (bicyclic) bond motifs is 1. The number of benzene rings is 1. The number of thiazole rings is 1. The molecule has 1 aliphatic heterocycles. The lowest BCUT2D eigenvalue weighted by atomic mass is 10.1. The molecule has 1 aliphatic rings. The maximum Gasteiger partial charge on any atom is 0.469 e. The van der Waals surface area contributed by atoms with Crippen LogP contribution in [0.2, 0.25) is 5.02 Å². The third-order valence-corrected chi connectivity index (χ3v) is 5.18. The van der Waals surface area contributed by atoms with Gasteiger partial charge in [0.1, 0.15) is 29.4 Å². The molecule has 2 heterocycles. The van der Waals surface area contributed by atoms with E-state index in [0.717, 1.165) is 4.70 Å². The van der Waals surface area contributed by atoms with Gasteiger partial charge in [0.15, 0.2) is 0 Å². The van der Waals surface area contributed by atoms with E-state index in [1.807, 2.05) is 0 Å². The number of aromatic nitrogens is 1. The van der Waals surface area contributed by atoms with Crippen molar-refractivity contribution in [3.05, 3.63) is 28.2 Å². The SMILES string of the molecule is O=P(O)(O)OC[C@H]1O[C@@H](c2nc3ccc(Cl)cc3s2)[C@H](O)[C@H]1O. The highest BCUT2D eigenvalue weighted by atomic mass is 35.5. The van der Waals surface area contributed by atoms with Crippen LogP contribution in [0.25, 0.3) is 10.2 Å². The molecule has 0 aliphatic carbocycles. The van der Waals surface area contributed by atoms with Crippen LogP contribution in [0.15, 0.2) is 18.2 Å². The zero-order valence-corrected chi connectivity index (χ0v) is 13.9. The number of halogens is 1. The number of hydrogen-bond acceptors (Lipinski definition) is 7. The van der Waals surface area contributed by atoms with Crippen molar-refractivity contribution in [2.75, 3.05) is 6.61 Å². The fraction of sp³-hybridized carbons (Fsp3) is 0.417. The van der Waals surface area contributed by atoms with Crippen molar-refractivity contribution in [1.29, 1.82) is 0 Å². The molecule has 11 heteroatoms. The van der Waals surface area contributed by atoms with Gasteiger partial charge in [-0.2, -0.15) is 0 Å². The Bertz CT molecular complexity index is 765. The summed E-state index contributed by atoms with van der Waals surface area (Å²) in [5.41, 5.74) is 0.676. The first-order valence-corrected chi connectivity index (χ1v) is 9.25. The van der Waals surface area contributed by atoms with Crippen LogP contribution in [-0.2, 0) is 13.8 Å². The quantitative estimate of drug-likeness (QED) is 0.582. The first-order valence-electron chi connectivity index (χ1n) is 6.52. The van der Waals surface area contributed by atoms with E-state index in [4.69, 9.17) is 26.1 Å². The Morgan fingerprint density at radius 1 is 1.35 bits per heavy atom. The maximum atomic E-state index is 10.7. The molecule has 4 N–H and O–H groups in total. The van der Waals surface area contributed by atoms with E-state index in [1.54, 1.807) is 18.2 Å². The van der Waals surface area contributed by atoms with Gasteiger partial charge in [-0.3, -0.25) is 4.52 Å². The van der Waals surface area contributed by atoms with Crippen LogP contribution in [0.3, 0.4) is 0 Å². The fourth-order valence-electron chi connectivity index (χ4n) is 2.30. The summed E-state index contributed by atoms with van der Waals surface area (Å²) in [4.78, 5) is 21.7. The summed E-state index contributed by atoms with van der Waals surface area (Å²) in [5, 5.41) is 21.0. The van der Waals surface area contributed by atoms with Gasteiger partial charge in [0, 0.05) is 5.02 Å². The molecule has 0 amide bonds. The van der Waals surface area contributed by atoms with Gasteiger partial charge in [0.25, 0.3) is 0 Å². The molecule has 0 saturated carbocycles. The van der Waals surface area contributed by atoms with Crippen molar-refractivity contribution in [3.8, 4) is 0 Å². The number of aliphatic hydroxyl groups excluding tert-OH is 2. The molecule has 8 nitrogen and oxygen atoms in total. The molecule has 0 spiro atoms. The van der Waals surface area contributed by atoms with Gasteiger partial charge in [-0.15, -0.1) is 11.3 Å². The van der Waals surface area contributed by atoms with Crippen LogP contribution in [0.1, 0.15) is 11.1 Å². The van der Waals surface area contributed by atoms with Crippen molar-refractivity contribution < 1.29 is 33.8 Å². The monoisotopic (exact) mass is 381 g/mol. The van der Waals surface area contributed by atoms with E-state index < -0.39 is 38.8 Å². The van der Waals surface area contributed by atoms with E-state index in [2.05, 4.69) is 9.51 Å². The molecule has 0 bridgehead atoms. The summed E-state index contributed by atoms with van der Waals surface area (Å²) in [5.74, 6) is 0. The molecule has 1 aromatic heterocycles. The molecule has 1 fully saturated rings. The van der Waals surface area contributed by atoms with Gasteiger partial charge < -0.3 is 24.7 Å². The summed E-state index contributed by atoms with van der Waals surface area (Å²) >= 11 is 7.17. The second-order valence-electron chi connectivity index (χ2n) is 5.03. The number of rotatable bonds is 4. The highest BCUT2D eigenvalue weighted by Gasteiger charge is 2.45. The van der Waals surface area contributed by atoms with Crippen LogP contribution in [0.4, 0.5) is 0 Å². The largest absolute Gasteiger partial charge is 0.469 e.